The van der Waals surface area contributed by atoms with Crippen molar-refractivity contribution in [2.75, 3.05) is 32.8 Å². The van der Waals surface area contributed by atoms with Gasteiger partial charge in [0.2, 0.25) is 0 Å². The number of ether oxygens (including phenoxy) is 1. The Hall–Kier alpha value is -2.33. The largest absolute Gasteiger partial charge is 0.483 e. The third-order valence-corrected chi connectivity index (χ3v) is 4.89. The molecule has 0 aromatic heterocycles. The minimum absolute atomic E-state index is 0.0810. The summed E-state index contributed by atoms with van der Waals surface area (Å²) in [5, 5.41) is 0. The predicted octanol–water partition coefficient (Wildman–Crippen LogP) is 3.36. The van der Waals surface area contributed by atoms with Crippen LogP contribution in [0.1, 0.15) is 24.5 Å². The lowest BCUT2D eigenvalue weighted by Crippen LogP contribution is -2.38. The molecule has 3 rings (SSSR count). The highest BCUT2D eigenvalue weighted by atomic mass is 16.5. The quantitative estimate of drug-likeness (QED) is 0.799. The summed E-state index contributed by atoms with van der Waals surface area (Å²) >= 11 is 0. The number of hydrogen-bond acceptors (Lipinski definition) is 3. The van der Waals surface area contributed by atoms with Crippen LogP contribution >= 0.6 is 0 Å². The molecule has 4 nitrogen and oxygen atoms in total. The molecule has 4 heteroatoms. The van der Waals surface area contributed by atoms with Crippen molar-refractivity contribution in [3.05, 3.63) is 65.7 Å². The number of rotatable bonds is 6. The van der Waals surface area contributed by atoms with Gasteiger partial charge in [-0.15, -0.1) is 0 Å². The number of hydrogen-bond donors (Lipinski definition) is 0. The van der Waals surface area contributed by atoms with Gasteiger partial charge in [-0.1, -0.05) is 55.5 Å². The van der Waals surface area contributed by atoms with E-state index in [1.54, 1.807) is 0 Å². The maximum Gasteiger partial charge on any atom is 0.260 e. The Morgan fingerprint density at radius 1 is 0.962 bits per heavy atom. The van der Waals surface area contributed by atoms with Crippen molar-refractivity contribution in [2.45, 2.75) is 26.3 Å². The molecule has 0 aliphatic carbocycles. The van der Waals surface area contributed by atoms with Crippen LogP contribution in [0.25, 0.3) is 0 Å². The zero-order valence-corrected chi connectivity index (χ0v) is 15.6. The van der Waals surface area contributed by atoms with Crippen molar-refractivity contribution in [1.82, 2.24) is 9.80 Å². The fraction of sp³-hybridized carbons (Fsp3) is 0.409. The van der Waals surface area contributed by atoms with Crippen LogP contribution in [0, 0.1) is 0 Å². The fourth-order valence-corrected chi connectivity index (χ4v) is 3.39. The molecule has 0 N–H and O–H groups in total. The van der Waals surface area contributed by atoms with E-state index in [1.807, 2.05) is 35.2 Å². The molecule has 0 bridgehead atoms. The second-order valence-electron chi connectivity index (χ2n) is 6.75. The zero-order valence-electron chi connectivity index (χ0n) is 15.6. The van der Waals surface area contributed by atoms with E-state index in [1.165, 1.54) is 5.56 Å². The molecule has 0 spiro atoms. The van der Waals surface area contributed by atoms with Crippen LogP contribution in [0.5, 0.6) is 5.75 Å². The number of aryl methyl sites for hydroxylation is 1. The van der Waals surface area contributed by atoms with Crippen molar-refractivity contribution in [3.8, 4) is 5.75 Å². The van der Waals surface area contributed by atoms with Crippen LogP contribution in [-0.2, 0) is 17.8 Å². The number of carbonyl (C=O) groups excluding carboxylic acids is 1. The van der Waals surface area contributed by atoms with Gasteiger partial charge < -0.3 is 9.64 Å². The highest BCUT2D eigenvalue weighted by Crippen LogP contribution is 2.18. The van der Waals surface area contributed by atoms with E-state index in [-0.39, 0.29) is 12.5 Å². The first kappa shape index (κ1) is 18.5. The van der Waals surface area contributed by atoms with E-state index in [4.69, 9.17) is 4.74 Å². The molecular formula is C22H28N2O2. The van der Waals surface area contributed by atoms with Crippen LogP contribution < -0.4 is 4.74 Å². The van der Waals surface area contributed by atoms with Gasteiger partial charge >= 0.3 is 0 Å². The van der Waals surface area contributed by atoms with E-state index in [2.05, 4.69) is 36.1 Å². The molecule has 1 aliphatic rings. The molecule has 1 aliphatic heterocycles. The Kier molecular flexibility index (Phi) is 6.67. The maximum absolute atomic E-state index is 12.6. The molecule has 1 heterocycles. The molecule has 1 saturated heterocycles. The Morgan fingerprint density at radius 3 is 2.54 bits per heavy atom. The summed E-state index contributed by atoms with van der Waals surface area (Å²) in [6.45, 7) is 6.68. The predicted molar refractivity (Wildman–Crippen MR) is 104 cm³/mol. The summed E-state index contributed by atoms with van der Waals surface area (Å²) in [6.07, 6.45) is 1.91. The first-order chi connectivity index (χ1) is 12.8. The number of benzene rings is 2. The Labute approximate surface area is 156 Å². The summed E-state index contributed by atoms with van der Waals surface area (Å²) in [6, 6.07) is 18.5. The van der Waals surface area contributed by atoms with Crippen molar-refractivity contribution < 1.29 is 9.53 Å². The third kappa shape index (κ3) is 5.09. The second kappa shape index (κ2) is 9.39. The van der Waals surface area contributed by atoms with Gasteiger partial charge in [-0.25, -0.2) is 0 Å². The van der Waals surface area contributed by atoms with Crippen LogP contribution in [0.15, 0.2) is 54.6 Å². The molecule has 2 aromatic rings. The fourth-order valence-electron chi connectivity index (χ4n) is 3.39. The highest BCUT2D eigenvalue weighted by Gasteiger charge is 2.19. The van der Waals surface area contributed by atoms with Gasteiger partial charge in [-0.2, -0.15) is 0 Å². The summed E-state index contributed by atoms with van der Waals surface area (Å²) in [4.78, 5) is 16.9. The second-order valence-corrected chi connectivity index (χ2v) is 6.75. The van der Waals surface area contributed by atoms with Gasteiger partial charge in [0.05, 0.1) is 0 Å². The first-order valence-electron chi connectivity index (χ1n) is 9.51. The van der Waals surface area contributed by atoms with Gasteiger partial charge in [0.1, 0.15) is 5.75 Å². The van der Waals surface area contributed by atoms with E-state index in [0.29, 0.717) is 0 Å². The monoisotopic (exact) mass is 352 g/mol. The Morgan fingerprint density at radius 2 is 1.73 bits per heavy atom. The minimum atomic E-state index is 0.0810. The van der Waals surface area contributed by atoms with E-state index >= 15 is 0 Å². The van der Waals surface area contributed by atoms with Crippen LogP contribution in [0.4, 0.5) is 0 Å². The standard InChI is InChI=1S/C22H28N2O2/c1-2-20-11-6-7-12-21(20)26-18-22(25)24-14-8-13-23(15-16-24)17-19-9-4-3-5-10-19/h3-7,9-12H,2,8,13-18H2,1H3. The lowest BCUT2D eigenvalue weighted by molar-refractivity contribution is -0.133. The lowest BCUT2D eigenvalue weighted by Gasteiger charge is -2.22. The van der Waals surface area contributed by atoms with Crippen LogP contribution in [0.3, 0.4) is 0 Å². The Bertz CT molecular complexity index is 702. The molecule has 138 valence electrons. The molecule has 0 radical (unpaired) electrons. The zero-order chi connectivity index (χ0) is 18.2. The topological polar surface area (TPSA) is 32.8 Å². The molecular weight excluding hydrogens is 324 g/mol. The number of nitrogens with zero attached hydrogens (tertiary/aromatic N) is 2. The molecule has 0 atom stereocenters. The van der Waals surface area contributed by atoms with Crippen LogP contribution in [0.2, 0.25) is 0 Å². The van der Waals surface area contributed by atoms with Crippen molar-refractivity contribution in [2.24, 2.45) is 0 Å². The molecule has 1 fully saturated rings. The van der Waals surface area contributed by atoms with Crippen molar-refractivity contribution >= 4 is 5.91 Å². The average Bonchev–Trinajstić information content (AvgIpc) is 2.93. The van der Waals surface area contributed by atoms with E-state index < -0.39 is 0 Å². The SMILES string of the molecule is CCc1ccccc1OCC(=O)N1CCCN(Cc2ccccc2)CC1. The summed E-state index contributed by atoms with van der Waals surface area (Å²) < 4.78 is 5.80. The summed E-state index contributed by atoms with van der Waals surface area (Å²) in [5.74, 6) is 0.904. The average molecular weight is 352 g/mol. The van der Waals surface area contributed by atoms with E-state index in [9.17, 15) is 4.79 Å². The van der Waals surface area contributed by atoms with Crippen molar-refractivity contribution in [1.29, 1.82) is 0 Å². The summed E-state index contributed by atoms with van der Waals surface area (Å²) in [7, 11) is 0. The smallest absolute Gasteiger partial charge is 0.260 e. The molecule has 26 heavy (non-hydrogen) atoms. The van der Waals surface area contributed by atoms with Crippen molar-refractivity contribution in [3.63, 3.8) is 0 Å². The normalized spacial score (nSPS) is 15.5. The van der Waals surface area contributed by atoms with Crippen LogP contribution in [-0.4, -0.2) is 48.5 Å². The van der Waals surface area contributed by atoms with Gasteiger partial charge in [0.15, 0.2) is 6.61 Å². The van der Waals surface area contributed by atoms with E-state index in [0.717, 1.165) is 56.9 Å². The molecule has 0 unspecified atom stereocenters. The highest BCUT2D eigenvalue weighted by molar-refractivity contribution is 5.77. The minimum Gasteiger partial charge on any atom is -0.483 e. The molecule has 2 aromatic carbocycles. The van der Waals surface area contributed by atoms with Gasteiger partial charge in [0.25, 0.3) is 5.91 Å². The Balaban J connectivity index is 1.49. The lowest BCUT2D eigenvalue weighted by atomic mass is 10.1. The number of amides is 1. The molecule has 1 amide bonds. The first-order valence-corrected chi connectivity index (χ1v) is 9.51. The number of carbonyl (C=O) groups is 1. The summed E-state index contributed by atoms with van der Waals surface area (Å²) in [5.41, 5.74) is 2.47. The van der Waals surface area contributed by atoms with Gasteiger partial charge in [0, 0.05) is 32.7 Å². The third-order valence-electron chi connectivity index (χ3n) is 4.89. The number of para-hydroxylation sites is 1. The van der Waals surface area contributed by atoms with Gasteiger partial charge in [-0.3, -0.25) is 9.69 Å². The maximum atomic E-state index is 12.6. The molecule has 0 saturated carbocycles. The van der Waals surface area contributed by atoms with Gasteiger partial charge in [-0.05, 0) is 30.0 Å².